The molecule has 0 aliphatic heterocycles. The fourth-order valence-electron chi connectivity index (χ4n) is 13.1. The van der Waals surface area contributed by atoms with Gasteiger partial charge in [-0.25, -0.2) is 0 Å². The van der Waals surface area contributed by atoms with E-state index in [0.29, 0.717) is 10.8 Å². The summed E-state index contributed by atoms with van der Waals surface area (Å²) in [6.07, 6.45) is 16.6. The predicted octanol–water partition coefficient (Wildman–Crippen LogP) is 11.1. The van der Waals surface area contributed by atoms with E-state index in [-0.39, 0.29) is 10.8 Å². The van der Waals surface area contributed by atoms with Crippen molar-refractivity contribution in [2.45, 2.75) is 77.0 Å². The molecule has 8 saturated carbocycles. The van der Waals surface area contributed by atoms with E-state index < -0.39 is 0 Å². The van der Waals surface area contributed by atoms with Crippen LogP contribution in [0.5, 0.6) is 0 Å². The van der Waals surface area contributed by atoms with Gasteiger partial charge in [-0.05, 0) is 184 Å². The van der Waals surface area contributed by atoms with Gasteiger partial charge >= 0.3 is 0 Å². The highest BCUT2D eigenvalue weighted by atomic mass is 14.7. The summed E-state index contributed by atoms with van der Waals surface area (Å²) in [6, 6.07) is 37.8. The molecule has 0 spiro atoms. The van der Waals surface area contributed by atoms with Gasteiger partial charge in [-0.2, -0.15) is 0 Å². The van der Waals surface area contributed by atoms with E-state index in [1.54, 1.807) is 0 Å². The first-order chi connectivity index (χ1) is 25.4. The van der Waals surface area contributed by atoms with E-state index in [1.807, 2.05) is 36.4 Å². The maximum atomic E-state index is 4.03. The van der Waals surface area contributed by atoms with Gasteiger partial charge < -0.3 is 0 Å². The standard InChI is InChI=1S/C52H46/c1-3-7-39(8-4-1)11-13-41-15-19-43(20-16-41)23-25-49-29-45-27-46(30-49)34-51(33-45,37-49)52-35-47-28-48(36-52)32-50(31-47,38-52)26-24-44-21-17-42(18-22-44)14-12-40-9-5-2-6-10-40/h1-10,15-22,45-48H,27-38H2. The van der Waals surface area contributed by atoms with E-state index in [0.717, 1.165) is 57.1 Å². The van der Waals surface area contributed by atoms with E-state index in [4.69, 9.17) is 0 Å². The summed E-state index contributed by atoms with van der Waals surface area (Å²) < 4.78 is 0. The molecule has 254 valence electrons. The molecular formula is C52H46. The lowest BCUT2D eigenvalue weighted by Gasteiger charge is -2.73. The number of hydrogen-bond donors (Lipinski definition) is 0. The summed E-state index contributed by atoms with van der Waals surface area (Å²) in [5.74, 6) is 32.2. The smallest absolute Gasteiger partial charge is 0.0329 e. The van der Waals surface area contributed by atoms with E-state index >= 15 is 0 Å². The molecule has 4 atom stereocenters. The second kappa shape index (κ2) is 12.4. The lowest BCUT2D eigenvalue weighted by atomic mass is 9.31. The van der Waals surface area contributed by atoms with E-state index in [1.165, 1.54) is 77.0 Å². The third-order valence-corrected chi connectivity index (χ3v) is 14.2. The minimum atomic E-state index is 0.184. The number of benzene rings is 4. The molecular weight excluding hydrogens is 625 g/mol. The highest BCUT2D eigenvalue weighted by molar-refractivity contribution is 5.48. The third kappa shape index (κ3) is 5.89. The van der Waals surface area contributed by atoms with Crippen molar-refractivity contribution in [1.29, 1.82) is 0 Å². The lowest BCUT2D eigenvalue weighted by Crippen LogP contribution is -2.64. The van der Waals surface area contributed by atoms with Gasteiger partial charge in [0.15, 0.2) is 0 Å². The Morgan fingerprint density at radius 3 is 0.942 bits per heavy atom. The molecule has 8 fully saturated rings. The Balaban J connectivity index is 0.896. The van der Waals surface area contributed by atoms with Crippen molar-refractivity contribution in [2.24, 2.45) is 45.3 Å². The fraction of sp³-hybridized carbons (Fsp3) is 0.385. The normalized spacial score (nSPS) is 34.1. The fourth-order valence-corrected chi connectivity index (χ4v) is 13.1. The zero-order valence-corrected chi connectivity index (χ0v) is 30.2. The quantitative estimate of drug-likeness (QED) is 0.177. The topological polar surface area (TPSA) is 0 Å². The molecule has 0 saturated heterocycles. The molecule has 0 N–H and O–H groups in total. The van der Waals surface area contributed by atoms with E-state index in [2.05, 4.69) is 120 Å². The van der Waals surface area contributed by atoms with Crippen molar-refractivity contribution < 1.29 is 0 Å². The second-order valence-corrected chi connectivity index (χ2v) is 17.9. The van der Waals surface area contributed by atoms with Crippen LogP contribution >= 0.6 is 0 Å². The first-order valence-corrected chi connectivity index (χ1v) is 19.9. The van der Waals surface area contributed by atoms with Crippen LogP contribution in [0.4, 0.5) is 0 Å². The minimum Gasteiger partial charge on any atom is -0.0910 e. The molecule has 4 unspecified atom stereocenters. The van der Waals surface area contributed by atoms with Gasteiger partial charge in [0.05, 0.1) is 0 Å². The maximum Gasteiger partial charge on any atom is 0.0329 e. The van der Waals surface area contributed by atoms with Crippen molar-refractivity contribution >= 4 is 0 Å². The zero-order valence-electron chi connectivity index (χ0n) is 30.2. The summed E-state index contributed by atoms with van der Waals surface area (Å²) in [5.41, 5.74) is 7.74. The molecule has 0 heteroatoms. The highest BCUT2D eigenvalue weighted by Gasteiger charge is 2.69. The lowest BCUT2D eigenvalue weighted by molar-refractivity contribution is -0.220. The van der Waals surface area contributed by atoms with Gasteiger partial charge in [-0.15, -0.1) is 0 Å². The second-order valence-electron chi connectivity index (χ2n) is 17.9. The molecule has 8 aliphatic carbocycles. The van der Waals surface area contributed by atoms with Gasteiger partial charge in [-0.3, -0.25) is 0 Å². The molecule has 0 aromatic heterocycles. The van der Waals surface area contributed by atoms with Crippen LogP contribution in [-0.4, -0.2) is 0 Å². The van der Waals surface area contributed by atoms with Crippen LogP contribution in [0.2, 0.25) is 0 Å². The monoisotopic (exact) mass is 670 g/mol. The van der Waals surface area contributed by atoms with Crippen LogP contribution in [0.25, 0.3) is 0 Å². The SMILES string of the molecule is C(#Cc1ccc(C#CC23CC4CC(C2)CC(C25CC6CC(CC(C#Cc7ccc(C#Cc8ccccc8)cc7)(C6)C2)C5)(C4)C3)cc1)c1ccccc1. The predicted molar refractivity (Wildman–Crippen MR) is 211 cm³/mol. The maximum absolute atomic E-state index is 4.03. The Hall–Kier alpha value is -4.88. The van der Waals surface area contributed by atoms with Crippen LogP contribution in [0.3, 0.4) is 0 Å². The minimum absolute atomic E-state index is 0.184. The van der Waals surface area contributed by atoms with Crippen LogP contribution < -0.4 is 0 Å². The molecule has 8 bridgehead atoms. The Labute approximate surface area is 311 Å². The van der Waals surface area contributed by atoms with Gasteiger partial charge in [0, 0.05) is 44.2 Å². The van der Waals surface area contributed by atoms with Crippen molar-refractivity contribution in [3.05, 3.63) is 143 Å². The van der Waals surface area contributed by atoms with Gasteiger partial charge in [0.25, 0.3) is 0 Å². The molecule has 4 aromatic rings. The Morgan fingerprint density at radius 2 is 0.615 bits per heavy atom. The molecule has 12 rings (SSSR count). The molecule has 4 aromatic carbocycles. The molecule has 0 heterocycles. The number of rotatable bonds is 1. The number of hydrogen-bond acceptors (Lipinski definition) is 0. The molecule has 8 aliphatic rings. The van der Waals surface area contributed by atoms with Crippen molar-refractivity contribution in [3.8, 4) is 47.4 Å². The summed E-state index contributed by atoms with van der Waals surface area (Å²) in [7, 11) is 0. The Bertz CT molecular complexity index is 2050. The molecule has 0 nitrogen and oxygen atoms in total. The van der Waals surface area contributed by atoms with Crippen LogP contribution in [0.1, 0.15) is 110 Å². The van der Waals surface area contributed by atoms with Gasteiger partial charge in [0.1, 0.15) is 0 Å². The average Bonchev–Trinajstić information content (AvgIpc) is 3.15. The largest absolute Gasteiger partial charge is 0.0910 e. The highest BCUT2D eigenvalue weighted by Crippen LogP contribution is 2.78. The van der Waals surface area contributed by atoms with Gasteiger partial charge in [0.2, 0.25) is 0 Å². The third-order valence-electron chi connectivity index (χ3n) is 14.2. The van der Waals surface area contributed by atoms with Crippen molar-refractivity contribution in [2.75, 3.05) is 0 Å². The van der Waals surface area contributed by atoms with Crippen LogP contribution in [0, 0.1) is 92.7 Å². The molecule has 0 radical (unpaired) electrons. The van der Waals surface area contributed by atoms with Crippen LogP contribution in [-0.2, 0) is 0 Å². The molecule has 52 heavy (non-hydrogen) atoms. The van der Waals surface area contributed by atoms with E-state index in [9.17, 15) is 0 Å². The summed E-state index contributed by atoms with van der Waals surface area (Å²) in [5, 5.41) is 0. The zero-order chi connectivity index (χ0) is 34.6. The van der Waals surface area contributed by atoms with Crippen molar-refractivity contribution in [1.82, 2.24) is 0 Å². The van der Waals surface area contributed by atoms with Crippen LogP contribution in [0.15, 0.2) is 109 Å². The first-order valence-electron chi connectivity index (χ1n) is 19.9. The summed E-state index contributed by atoms with van der Waals surface area (Å²) >= 11 is 0. The van der Waals surface area contributed by atoms with Crippen molar-refractivity contribution in [3.63, 3.8) is 0 Å². The Morgan fingerprint density at radius 1 is 0.327 bits per heavy atom. The molecule has 0 amide bonds. The average molecular weight is 671 g/mol. The first kappa shape index (κ1) is 31.8. The summed E-state index contributed by atoms with van der Waals surface area (Å²) in [4.78, 5) is 0. The van der Waals surface area contributed by atoms with Gasteiger partial charge in [-0.1, -0.05) is 83.8 Å². The summed E-state index contributed by atoms with van der Waals surface area (Å²) in [6.45, 7) is 0. The Kier molecular flexibility index (Phi) is 7.57.